The molecular formula is C9H19NO2Si2. The zero-order chi connectivity index (χ0) is 11.6. The third-order valence-electron chi connectivity index (χ3n) is 2.34. The molecule has 0 unspecified atom stereocenters. The molecule has 0 aromatic heterocycles. The van der Waals surface area contributed by atoms with Gasteiger partial charge in [-0.05, 0) is 26.2 Å². The van der Waals surface area contributed by atoms with E-state index in [9.17, 15) is 9.90 Å². The highest BCUT2D eigenvalue weighted by molar-refractivity contribution is 6.97. The first-order valence-corrected chi connectivity index (χ1v) is 10.5. The van der Waals surface area contributed by atoms with Gasteiger partial charge >= 0.3 is 6.09 Å². The van der Waals surface area contributed by atoms with Crippen molar-refractivity contribution in [3.05, 3.63) is 24.6 Å². The molecule has 0 radical (unpaired) electrons. The zero-order valence-corrected chi connectivity index (χ0v) is 11.4. The van der Waals surface area contributed by atoms with Crippen molar-refractivity contribution in [2.24, 2.45) is 0 Å². The molecule has 0 aliphatic rings. The lowest BCUT2D eigenvalue weighted by Gasteiger charge is -2.41. The molecule has 0 fully saturated rings. The molecular weight excluding hydrogens is 210 g/mol. The van der Waals surface area contributed by atoms with Gasteiger partial charge in [0.25, 0.3) is 0 Å². The normalized spacial score (nSPS) is 12.0. The second-order valence-corrected chi connectivity index (χ2v) is 13.1. The predicted octanol–water partition coefficient (Wildman–Crippen LogP) is 2.83. The van der Waals surface area contributed by atoms with Crippen LogP contribution in [-0.2, 0) is 0 Å². The summed E-state index contributed by atoms with van der Waals surface area (Å²) < 4.78 is 1.61. The highest BCUT2D eigenvalue weighted by Gasteiger charge is 2.40. The van der Waals surface area contributed by atoms with E-state index in [1.54, 1.807) is 15.6 Å². The van der Waals surface area contributed by atoms with Gasteiger partial charge in [0.1, 0.15) is 0 Å². The Bertz CT molecular complexity index is 242. The van der Waals surface area contributed by atoms with Crippen LogP contribution in [0, 0.1) is 0 Å². The second kappa shape index (κ2) is 4.14. The molecule has 5 heteroatoms. The molecule has 0 bridgehead atoms. The minimum absolute atomic E-state index is 0.849. The van der Waals surface area contributed by atoms with Gasteiger partial charge in [-0.1, -0.05) is 11.4 Å². The summed E-state index contributed by atoms with van der Waals surface area (Å²) >= 11 is 0. The smallest absolute Gasteiger partial charge is 0.391 e. The number of nitrogens with zero attached hydrogens (tertiary/aromatic N) is 1. The minimum atomic E-state index is -2.04. The van der Waals surface area contributed by atoms with E-state index in [0.29, 0.717) is 0 Å². The first-order chi connectivity index (χ1) is 6.19. The summed E-state index contributed by atoms with van der Waals surface area (Å²) in [4.78, 5) is 11.2. The van der Waals surface area contributed by atoms with Crippen LogP contribution in [0.1, 0.15) is 0 Å². The topological polar surface area (TPSA) is 40.5 Å². The Morgan fingerprint density at radius 1 is 1.14 bits per heavy atom. The van der Waals surface area contributed by atoms with Crippen molar-refractivity contribution < 1.29 is 9.90 Å². The van der Waals surface area contributed by atoms with Crippen LogP contribution in [0.2, 0.25) is 26.2 Å². The van der Waals surface area contributed by atoms with Gasteiger partial charge in [0, 0.05) is 0 Å². The van der Waals surface area contributed by atoms with Gasteiger partial charge < -0.3 is 9.34 Å². The number of amides is 1. The van der Waals surface area contributed by atoms with Crippen molar-refractivity contribution in [2.75, 3.05) is 0 Å². The van der Waals surface area contributed by atoms with E-state index in [1.165, 1.54) is 0 Å². The highest BCUT2D eigenvalue weighted by Crippen LogP contribution is 2.21. The molecule has 0 saturated carbocycles. The molecule has 1 N–H and O–H groups in total. The Morgan fingerprint density at radius 2 is 1.43 bits per heavy atom. The van der Waals surface area contributed by atoms with E-state index in [-0.39, 0.29) is 0 Å². The number of hydrogen-bond donors (Lipinski definition) is 1. The molecule has 14 heavy (non-hydrogen) atoms. The summed E-state index contributed by atoms with van der Waals surface area (Å²) in [5.74, 6) is 0. The number of carboxylic acid groups (broad SMARTS) is 1. The third-order valence-corrected chi connectivity index (χ3v) is 10.5. The van der Waals surface area contributed by atoms with E-state index in [4.69, 9.17) is 0 Å². The highest BCUT2D eigenvalue weighted by atomic mass is 28.4. The fraction of sp³-hybridized carbons (Fsp3) is 0.444. The van der Waals surface area contributed by atoms with Crippen LogP contribution in [0.5, 0.6) is 0 Å². The monoisotopic (exact) mass is 229 g/mol. The fourth-order valence-electron chi connectivity index (χ4n) is 1.42. The molecule has 0 aliphatic heterocycles. The van der Waals surface area contributed by atoms with Crippen molar-refractivity contribution in [3.63, 3.8) is 0 Å². The molecule has 3 nitrogen and oxygen atoms in total. The lowest BCUT2D eigenvalue weighted by molar-refractivity contribution is 0.185. The summed E-state index contributed by atoms with van der Waals surface area (Å²) in [6, 6.07) is 0. The summed E-state index contributed by atoms with van der Waals surface area (Å²) in [5, 5.41) is 9.21. The van der Waals surface area contributed by atoms with Crippen LogP contribution in [0.25, 0.3) is 0 Å². The molecule has 0 saturated heterocycles. The summed E-state index contributed by atoms with van der Waals surface area (Å²) in [6.07, 6.45) is -0.849. The fourth-order valence-corrected chi connectivity index (χ4v) is 9.26. The van der Waals surface area contributed by atoms with Crippen LogP contribution in [-0.4, -0.2) is 31.9 Å². The lowest BCUT2D eigenvalue weighted by Crippen LogP contribution is -2.62. The van der Waals surface area contributed by atoms with Crippen molar-refractivity contribution >= 4 is 22.6 Å². The summed E-state index contributed by atoms with van der Waals surface area (Å²) in [7, 11) is -4.08. The van der Waals surface area contributed by atoms with Gasteiger partial charge in [0.2, 0.25) is 0 Å². The molecule has 0 aliphatic carbocycles. The van der Waals surface area contributed by atoms with Gasteiger partial charge in [-0.3, -0.25) is 0 Å². The first kappa shape index (κ1) is 13.2. The van der Waals surface area contributed by atoms with E-state index < -0.39 is 22.6 Å². The van der Waals surface area contributed by atoms with E-state index >= 15 is 0 Å². The van der Waals surface area contributed by atoms with Gasteiger partial charge in [-0.15, -0.1) is 13.2 Å². The molecule has 0 spiro atoms. The maximum absolute atomic E-state index is 11.2. The standard InChI is InChI=1S/C9H19NO2Si2/c1-7-13(3,4)10(9(11)12)14(5,6)8-2/h7-8H,1-2H2,3-6H3,(H,11,12). The van der Waals surface area contributed by atoms with Gasteiger partial charge in [-0.25, -0.2) is 4.79 Å². The van der Waals surface area contributed by atoms with Crippen LogP contribution in [0.3, 0.4) is 0 Å². The van der Waals surface area contributed by atoms with Crippen LogP contribution >= 0.6 is 0 Å². The molecule has 0 atom stereocenters. The van der Waals surface area contributed by atoms with Gasteiger partial charge in [0.15, 0.2) is 16.5 Å². The third kappa shape index (κ3) is 2.58. The Kier molecular flexibility index (Phi) is 3.90. The second-order valence-electron chi connectivity index (χ2n) is 4.33. The SMILES string of the molecule is C=C[Si](C)(C)N(C(=O)O)[Si](C)(C)C=C. The van der Waals surface area contributed by atoms with Crippen LogP contribution in [0.4, 0.5) is 4.79 Å². The van der Waals surface area contributed by atoms with Crippen LogP contribution < -0.4 is 0 Å². The maximum atomic E-state index is 11.2. The Labute approximate surface area is 87.9 Å². The predicted molar refractivity (Wildman–Crippen MR) is 65.2 cm³/mol. The average Bonchev–Trinajstić information content (AvgIpc) is 2.02. The molecule has 0 heterocycles. The first-order valence-electron chi connectivity index (χ1n) is 4.49. The van der Waals surface area contributed by atoms with Gasteiger partial charge in [-0.2, -0.15) is 0 Å². The zero-order valence-electron chi connectivity index (χ0n) is 9.37. The maximum Gasteiger partial charge on any atom is 0.391 e. The molecule has 0 rings (SSSR count). The van der Waals surface area contributed by atoms with Crippen molar-refractivity contribution in [1.29, 1.82) is 0 Å². The number of carbonyl (C=O) groups is 1. The van der Waals surface area contributed by atoms with E-state index in [0.717, 1.165) is 0 Å². The van der Waals surface area contributed by atoms with Crippen molar-refractivity contribution in [3.8, 4) is 0 Å². The number of hydrogen-bond acceptors (Lipinski definition) is 1. The lowest BCUT2D eigenvalue weighted by atomic mass is 11.3. The van der Waals surface area contributed by atoms with Crippen molar-refractivity contribution in [1.82, 2.24) is 4.23 Å². The van der Waals surface area contributed by atoms with Crippen LogP contribution in [0.15, 0.2) is 24.6 Å². The Hall–Kier alpha value is -0.816. The molecule has 0 aromatic carbocycles. The van der Waals surface area contributed by atoms with E-state index in [2.05, 4.69) is 13.2 Å². The van der Waals surface area contributed by atoms with Crippen molar-refractivity contribution in [2.45, 2.75) is 26.2 Å². The van der Waals surface area contributed by atoms with Gasteiger partial charge in [0.05, 0.1) is 0 Å². The Morgan fingerprint density at radius 3 is 1.57 bits per heavy atom. The average molecular weight is 229 g/mol. The molecule has 0 aromatic rings. The molecule has 1 amide bonds. The minimum Gasteiger partial charge on any atom is -0.466 e. The van der Waals surface area contributed by atoms with E-state index in [1.807, 2.05) is 26.2 Å². The summed E-state index contributed by atoms with van der Waals surface area (Å²) in [6.45, 7) is 15.4. The molecule has 80 valence electrons. The largest absolute Gasteiger partial charge is 0.466 e. The summed E-state index contributed by atoms with van der Waals surface area (Å²) in [5.41, 5.74) is 3.58. The quantitative estimate of drug-likeness (QED) is 0.753. The Balaban J connectivity index is 5.26. The number of rotatable bonds is 4.